The number of ether oxygens (including phenoxy) is 1. The molecule has 1 amide bonds. The highest BCUT2D eigenvalue weighted by atomic mass is 16.5. The molecule has 1 rings (SSSR count). The summed E-state index contributed by atoms with van der Waals surface area (Å²) in [4.78, 5) is 22.0. The van der Waals surface area contributed by atoms with E-state index in [1.54, 1.807) is 19.3 Å². The maximum absolute atomic E-state index is 11.5. The van der Waals surface area contributed by atoms with Gasteiger partial charge in [0.1, 0.15) is 12.4 Å². The topological polar surface area (TPSA) is 88.8 Å². The summed E-state index contributed by atoms with van der Waals surface area (Å²) in [5.74, 6) is -0.374. The third kappa shape index (κ3) is 7.58. The normalized spacial score (nSPS) is 12.1. The lowest BCUT2D eigenvalue weighted by molar-refractivity contribution is -0.138. The van der Waals surface area contributed by atoms with Gasteiger partial charge in [-0.3, -0.25) is 9.59 Å². The van der Waals surface area contributed by atoms with Gasteiger partial charge in [-0.05, 0) is 24.5 Å². The molecule has 1 atom stereocenters. The summed E-state index contributed by atoms with van der Waals surface area (Å²) in [6.45, 7) is 3.24. The minimum absolute atomic E-state index is 0.0136. The van der Waals surface area contributed by atoms with Crippen molar-refractivity contribution in [3.63, 3.8) is 0 Å². The molecule has 1 unspecified atom stereocenters. The van der Waals surface area contributed by atoms with Crippen LogP contribution in [0.5, 0.6) is 0 Å². The summed E-state index contributed by atoms with van der Waals surface area (Å²) >= 11 is 0. The second-order valence-corrected chi connectivity index (χ2v) is 4.74. The standard InChI is InChI=1S/C14H21NO5/c1-11(9-14(17)18)8-13(16)15-5-3-6-19-10-12-4-2-7-20-12/h2,4,7,11H,3,5-6,8-10H2,1H3,(H,15,16)(H,17,18). The van der Waals surface area contributed by atoms with E-state index in [0.717, 1.165) is 5.76 Å². The third-order valence-corrected chi connectivity index (χ3v) is 2.67. The monoisotopic (exact) mass is 283 g/mol. The van der Waals surface area contributed by atoms with Crippen molar-refractivity contribution in [1.29, 1.82) is 0 Å². The van der Waals surface area contributed by atoms with Crippen molar-refractivity contribution in [2.75, 3.05) is 13.2 Å². The minimum Gasteiger partial charge on any atom is -0.481 e. The van der Waals surface area contributed by atoms with E-state index < -0.39 is 5.97 Å². The predicted octanol–water partition coefficient (Wildman–Crippen LogP) is 1.80. The van der Waals surface area contributed by atoms with Crippen LogP contribution in [0.2, 0.25) is 0 Å². The maximum Gasteiger partial charge on any atom is 0.303 e. The molecule has 1 aromatic rings. The number of hydrogen-bond acceptors (Lipinski definition) is 4. The molecule has 0 saturated heterocycles. The zero-order chi connectivity index (χ0) is 14.8. The van der Waals surface area contributed by atoms with Gasteiger partial charge in [0.15, 0.2) is 0 Å². The molecule has 6 nitrogen and oxygen atoms in total. The van der Waals surface area contributed by atoms with Crippen molar-refractivity contribution in [2.24, 2.45) is 5.92 Å². The van der Waals surface area contributed by atoms with Gasteiger partial charge < -0.3 is 19.6 Å². The number of carboxylic acids is 1. The molecule has 1 heterocycles. The smallest absolute Gasteiger partial charge is 0.303 e. The van der Waals surface area contributed by atoms with Gasteiger partial charge in [-0.1, -0.05) is 6.92 Å². The van der Waals surface area contributed by atoms with E-state index in [1.165, 1.54) is 0 Å². The molecule has 0 aromatic carbocycles. The van der Waals surface area contributed by atoms with Crippen LogP contribution >= 0.6 is 0 Å². The molecule has 0 aliphatic carbocycles. The number of amides is 1. The van der Waals surface area contributed by atoms with Gasteiger partial charge in [-0.25, -0.2) is 0 Å². The van der Waals surface area contributed by atoms with Gasteiger partial charge in [0.2, 0.25) is 5.91 Å². The zero-order valence-corrected chi connectivity index (χ0v) is 11.6. The Morgan fingerprint density at radius 3 is 2.90 bits per heavy atom. The van der Waals surface area contributed by atoms with Crippen LogP contribution in [0.25, 0.3) is 0 Å². The number of carbonyl (C=O) groups excluding carboxylic acids is 1. The number of furan rings is 1. The minimum atomic E-state index is -0.878. The Balaban J connectivity index is 1.97. The van der Waals surface area contributed by atoms with Crippen molar-refractivity contribution >= 4 is 11.9 Å². The lowest BCUT2D eigenvalue weighted by Crippen LogP contribution is -2.27. The first-order chi connectivity index (χ1) is 9.58. The molecule has 0 bridgehead atoms. The first-order valence-electron chi connectivity index (χ1n) is 6.66. The van der Waals surface area contributed by atoms with E-state index in [1.807, 2.05) is 6.07 Å². The fourth-order valence-corrected chi connectivity index (χ4v) is 1.73. The van der Waals surface area contributed by atoms with Gasteiger partial charge in [0.05, 0.1) is 6.26 Å². The van der Waals surface area contributed by atoms with Crippen LogP contribution in [0.1, 0.15) is 31.9 Å². The van der Waals surface area contributed by atoms with Crippen LogP contribution < -0.4 is 5.32 Å². The van der Waals surface area contributed by atoms with Gasteiger partial charge in [0, 0.05) is 26.0 Å². The van der Waals surface area contributed by atoms with Gasteiger partial charge in [0.25, 0.3) is 0 Å². The summed E-state index contributed by atoms with van der Waals surface area (Å²) in [5, 5.41) is 11.3. The van der Waals surface area contributed by atoms with Crippen LogP contribution in [-0.4, -0.2) is 30.1 Å². The molecule has 0 aliphatic rings. The molecule has 0 spiro atoms. The molecule has 0 saturated carbocycles. The number of aliphatic carboxylic acids is 1. The van der Waals surface area contributed by atoms with Crippen LogP contribution in [-0.2, 0) is 20.9 Å². The molecular weight excluding hydrogens is 262 g/mol. The second kappa shape index (κ2) is 9.14. The quantitative estimate of drug-likeness (QED) is 0.639. The Labute approximate surface area is 118 Å². The van der Waals surface area contributed by atoms with Crippen molar-refractivity contribution in [3.8, 4) is 0 Å². The van der Waals surface area contributed by atoms with E-state index in [9.17, 15) is 9.59 Å². The van der Waals surface area contributed by atoms with Crippen LogP contribution in [0.4, 0.5) is 0 Å². The van der Waals surface area contributed by atoms with Crippen molar-refractivity contribution in [1.82, 2.24) is 5.32 Å². The fourth-order valence-electron chi connectivity index (χ4n) is 1.73. The molecule has 2 N–H and O–H groups in total. The molecule has 112 valence electrons. The molecule has 20 heavy (non-hydrogen) atoms. The maximum atomic E-state index is 11.5. The average molecular weight is 283 g/mol. The zero-order valence-electron chi connectivity index (χ0n) is 11.6. The molecular formula is C14H21NO5. The van der Waals surface area contributed by atoms with Crippen molar-refractivity contribution in [3.05, 3.63) is 24.2 Å². The number of nitrogens with one attached hydrogen (secondary N) is 1. The Hall–Kier alpha value is -1.82. The van der Waals surface area contributed by atoms with Gasteiger partial charge >= 0.3 is 5.97 Å². The molecule has 6 heteroatoms. The highest BCUT2D eigenvalue weighted by Gasteiger charge is 2.11. The molecule has 0 fully saturated rings. The number of carbonyl (C=O) groups is 2. The number of rotatable bonds is 10. The lowest BCUT2D eigenvalue weighted by Gasteiger charge is -2.09. The summed E-state index contributed by atoms with van der Waals surface area (Å²) in [7, 11) is 0. The van der Waals surface area contributed by atoms with Crippen LogP contribution in [0, 0.1) is 5.92 Å². The highest BCUT2D eigenvalue weighted by molar-refractivity contribution is 5.77. The van der Waals surface area contributed by atoms with Crippen molar-refractivity contribution in [2.45, 2.75) is 32.8 Å². The number of hydrogen-bond donors (Lipinski definition) is 2. The van der Waals surface area contributed by atoms with Gasteiger partial charge in [-0.2, -0.15) is 0 Å². The summed E-state index contributed by atoms with van der Waals surface area (Å²) in [6.07, 6.45) is 2.55. The lowest BCUT2D eigenvalue weighted by atomic mass is 10.0. The van der Waals surface area contributed by atoms with Crippen molar-refractivity contribution < 1.29 is 23.8 Å². The Morgan fingerprint density at radius 1 is 1.45 bits per heavy atom. The fraction of sp³-hybridized carbons (Fsp3) is 0.571. The highest BCUT2D eigenvalue weighted by Crippen LogP contribution is 2.06. The first-order valence-corrected chi connectivity index (χ1v) is 6.66. The third-order valence-electron chi connectivity index (χ3n) is 2.67. The SMILES string of the molecule is CC(CC(=O)O)CC(=O)NCCCOCc1ccco1. The summed E-state index contributed by atoms with van der Waals surface area (Å²) in [6, 6.07) is 3.64. The molecule has 1 aromatic heterocycles. The average Bonchev–Trinajstić information content (AvgIpc) is 2.85. The van der Waals surface area contributed by atoms with E-state index in [2.05, 4.69) is 5.32 Å². The van der Waals surface area contributed by atoms with Crippen LogP contribution in [0.15, 0.2) is 22.8 Å². The van der Waals surface area contributed by atoms with E-state index >= 15 is 0 Å². The van der Waals surface area contributed by atoms with E-state index in [4.69, 9.17) is 14.3 Å². The van der Waals surface area contributed by atoms with Gasteiger partial charge in [-0.15, -0.1) is 0 Å². The summed E-state index contributed by atoms with van der Waals surface area (Å²) < 4.78 is 10.5. The first kappa shape index (κ1) is 16.2. The van der Waals surface area contributed by atoms with Crippen LogP contribution in [0.3, 0.4) is 0 Å². The predicted molar refractivity (Wildman–Crippen MR) is 72.0 cm³/mol. The molecule has 0 aliphatic heterocycles. The van der Waals surface area contributed by atoms with E-state index in [0.29, 0.717) is 26.2 Å². The Morgan fingerprint density at radius 2 is 2.25 bits per heavy atom. The number of carboxylic acid groups (broad SMARTS) is 1. The second-order valence-electron chi connectivity index (χ2n) is 4.74. The molecule has 0 radical (unpaired) electrons. The summed E-state index contributed by atoms with van der Waals surface area (Å²) in [5.41, 5.74) is 0. The van der Waals surface area contributed by atoms with E-state index in [-0.39, 0.29) is 24.7 Å². The Kier molecular flexibility index (Phi) is 7.42. The Bertz CT molecular complexity index is 402. The largest absolute Gasteiger partial charge is 0.481 e.